The summed E-state index contributed by atoms with van der Waals surface area (Å²) in [7, 11) is -3.85. The molecule has 0 radical (unpaired) electrons. The molecule has 124 valence electrons. The average molecular weight is 375 g/mol. The van der Waals surface area contributed by atoms with Gasteiger partial charge in [-0.1, -0.05) is 29.9 Å². The van der Waals surface area contributed by atoms with Gasteiger partial charge in [0, 0.05) is 18.0 Å². The molecule has 1 heterocycles. The molecule has 1 amide bonds. The first-order valence-electron chi connectivity index (χ1n) is 6.80. The van der Waals surface area contributed by atoms with Gasteiger partial charge in [-0.15, -0.1) is 10.2 Å². The van der Waals surface area contributed by atoms with Crippen LogP contribution >= 0.6 is 22.9 Å². The first kappa shape index (κ1) is 17.6. The number of nitrogens with one attached hydrogen (secondary N) is 1. The van der Waals surface area contributed by atoms with Gasteiger partial charge in [0.1, 0.15) is 0 Å². The van der Waals surface area contributed by atoms with Gasteiger partial charge in [0.15, 0.2) is 0 Å². The molecule has 1 N–H and O–H groups in total. The van der Waals surface area contributed by atoms with Gasteiger partial charge in [-0.05, 0) is 31.2 Å². The molecule has 0 aliphatic carbocycles. The molecule has 0 atom stereocenters. The van der Waals surface area contributed by atoms with E-state index < -0.39 is 10.0 Å². The number of rotatable bonds is 6. The first-order chi connectivity index (χ1) is 10.9. The van der Waals surface area contributed by atoms with E-state index in [1.807, 2.05) is 0 Å². The van der Waals surface area contributed by atoms with Gasteiger partial charge in [0.05, 0.1) is 5.69 Å². The van der Waals surface area contributed by atoms with Gasteiger partial charge in [-0.25, -0.2) is 0 Å². The number of sulfonamides is 1. The normalized spacial score (nSPS) is 11.3. The van der Waals surface area contributed by atoms with E-state index in [1.54, 1.807) is 38.1 Å². The van der Waals surface area contributed by atoms with E-state index >= 15 is 0 Å². The van der Waals surface area contributed by atoms with Gasteiger partial charge < -0.3 is 5.32 Å². The number of anilines is 2. The van der Waals surface area contributed by atoms with Crippen molar-refractivity contribution in [2.75, 3.05) is 16.2 Å². The Balaban J connectivity index is 2.32. The molecule has 2 aromatic rings. The van der Waals surface area contributed by atoms with Crippen LogP contribution in [-0.4, -0.2) is 31.1 Å². The number of halogens is 1. The summed E-state index contributed by atoms with van der Waals surface area (Å²) in [4.78, 5) is 11.3. The fraction of sp³-hybridized carbons (Fsp3) is 0.308. The molecule has 2 rings (SSSR count). The monoisotopic (exact) mass is 374 g/mol. The zero-order valence-electron chi connectivity index (χ0n) is 12.5. The molecule has 0 spiro atoms. The highest BCUT2D eigenvalue weighted by Crippen LogP contribution is 2.28. The molecule has 0 aliphatic heterocycles. The average Bonchev–Trinajstić information content (AvgIpc) is 2.99. The third-order valence-corrected chi connectivity index (χ3v) is 6.23. The summed E-state index contributed by atoms with van der Waals surface area (Å²) in [5, 5.41) is 10.6. The lowest BCUT2D eigenvalue weighted by molar-refractivity contribution is -0.115. The Kier molecular flexibility index (Phi) is 5.55. The van der Waals surface area contributed by atoms with Gasteiger partial charge in [0.2, 0.25) is 11.0 Å². The van der Waals surface area contributed by atoms with E-state index in [4.69, 9.17) is 11.6 Å². The molecule has 23 heavy (non-hydrogen) atoms. The van der Waals surface area contributed by atoms with Gasteiger partial charge in [-0.3, -0.25) is 9.10 Å². The Hall–Kier alpha value is -1.71. The number of carbonyl (C=O) groups is 1. The molecule has 7 nitrogen and oxygen atoms in total. The molecule has 0 aliphatic rings. The van der Waals surface area contributed by atoms with Crippen LogP contribution in [0.25, 0.3) is 0 Å². The van der Waals surface area contributed by atoms with Crippen molar-refractivity contribution in [2.24, 2.45) is 0 Å². The smallest absolute Gasteiger partial charge is 0.293 e. The van der Waals surface area contributed by atoms with E-state index in [2.05, 4.69) is 15.5 Å². The van der Waals surface area contributed by atoms with Crippen LogP contribution in [-0.2, 0) is 14.8 Å². The van der Waals surface area contributed by atoms with Crippen LogP contribution in [0, 0.1) is 0 Å². The first-order valence-corrected chi connectivity index (χ1v) is 9.43. The van der Waals surface area contributed by atoms with Gasteiger partial charge in [0.25, 0.3) is 14.4 Å². The Morgan fingerprint density at radius 2 is 1.91 bits per heavy atom. The van der Waals surface area contributed by atoms with Crippen molar-refractivity contribution in [1.82, 2.24) is 10.2 Å². The van der Waals surface area contributed by atoms with E-state index in [0.717, 1.165) is 11.3 Å². The second-order valence-electron chi connectivity index (χ2n) is 4.42. The molecule has 10 heteroatoms. The van der Waals surface area contributed by atoms with Crippen LogP contribution in [0.15, 0.2) is 28.6 Å². The lowest BCUT2D eigenvalue weighted by Crippen LogP contribution is -2.30. The Morgan fingerprint density at radius 1 is 1.26 bits per heavy atom. The summed E-state index contributed by atoms with van der Waals surface area (Å²) in [5.41, 5.74) is 0.478. The van der Waals surface area contributed by atoms with Crippen molar-refractivity contribution >= 4 is 49.7 Å². The third-order valence-electron chi connectivity index (χ3n) is 2.89. The number of nitrogens with zero attached hydrogens (tertiary/aromatic N) is 3. The van der Waals surface area contributed by atoms with Gasteiger partial charge >= 0.3 is 0 Å². The summed E-state index contributed by atoms with van der Waals surface area (Å²) in [5.74, 6) is -0.254. The molecule has 0 saturated carbocycles. The zero-order valence-corrected chi connectivity index (χ0v) is 14.9. The number of aromatic nitrogens is 2. The summed E-state index contributed by atoms with van der Waals surface area (Å²) >= 11 is 6.64. The van der Waals surface area contributed by atoms with Crippen molar-refractivity contribution in [3.63, 3.8) is 0 Å². The Morgan fingerprint density at radius 3 is 2.48 bits per heavy atom. The minimum Gasteiger partial charge on any atom is -0.301 e. The van der Waals surface area contributed by atoms with E-state index in [-0.39, 0.29) is 28.3 Å². The summed E-state index contributed by atoms with van der Waals surface area (Å²) in [6.07, 6.45) is 0.271. The maximum absolute atomic E-state index is 12.7. The van der Waals surface area contributed by atoms with Gasteiger partial charge in [-0.2, -0.15) is 8.42 Å². The zero-order chi connectivity index (χ0) is 17.0. The minimum atomic E-state index is -3.85. The van der Waals surface area contributed by atoms with Crippen molar-refractivity contribution < 1.29 is 13.2 Å². The molecular weight excluding hydrogens is 360 g/mol. The van der Waals surface area contributed by atoms with Crippen LogP contribution in [0.2, 0.25) is 5.02 Å². The standard InChI is InChI=1S/C13H15ClN4O3S2/c1-3-11(19)15-12-16-17-13(22-12)23(20,21)18(4-2)10-7-5-9(14)6-8-10/h5-8H,3-4H2,1-2H3,(H,15,16,19). The van der Waals surface area contributed by atoms with E-state index in [1.165, 1.54) is 4.31 Å². The van der Waals surface area contributed by atoms with Crippen molar-refractivity contribution in [1.29, 1.82) is 0 Å². The maximum Gasteiger partial charge on any atom is 0.293 e. The molecule has 1 aromatic heterocycles. The summed E-state index contributed by atoms with van der Waals surface area (Å²) < 4.78 is 26.4. The van der Waals surface area contributed by atoms with Crippen molar-refractivity contribution in [3.05, 3.63) is 29.3 Å². The lowest BCUT2D eigenvalue weighted by Gasteiger charge is -2.21. The highest BCUT2D eigenvalue weighted by Gasteiger charge is 2.28. The molecule has 0 saturated heterocycles. The molecule has 0 unspecified atom stereocenters. The Labute approximate surface area is 143 Å². The second kappa shape index (κ2) is 7.24. The molecule has 0 bridgehead atoms. The van der Waals surface area contributed by atoms with Crippen LogP contribution in [0.5, 0.6) is 0 Å². The minimum absolute atomic E-state index is 0.155. The quantitative estimate of drug-likeness (QED) is 0.785. The van der Waals surface area contributed by atoms with Crippen molar-refractivity contribution in [2.45, 2.75) is 24.6 Å². The SMILES string of the molecule is CCC(=O)Nc1nnc(S(=O)(=O)N(CC)c2ccc(Cl)cc2)s1. The topological polar surface area (TPSA) is 92.3 Å². The maximum atomic E-state index is 12.7. The predicted molar refractivity (Wildman–Crippen MR) is 90.5 cm³/mol. The number of hydrogen-bond acceptors (Lipinski definition) is 6. The second-order valence-corrected chi connectivity index (χ2v) is 7.87. The fourth-order valence-corrected chi connectivity index (χ4v) is 4.38. The van der Waals surface area contributed by atoms with E-state index in [0.29, 0.717) is 10.7 Å². The van der Waals surface area contributed by atoms with Crippen LogP contribution < -0.4 is 9.62 Å². The fourth-order valence-electron chi connectivity index (χ4n) is 1.77. The molecule has 0 fully saturated rings. The molecular formula is C13H15ClN4O3S2. The Bertz CT molecular complexity index is 790. The summed E-state index contributed by atoms with van der Waals surface area (Å²) in [6, 6.07) is 6.46. The number of benzene rings is 1. The number of hydrogen-bond donors (Lipinski definition) is 1. The highest BCUT2D eigenvalue weighted by molar-refractivity contribution is 7.94. The summed E-state index contributed by atoms with van der Waals surface area (Å²) in [6.45, 7) is 3.63. The third kappa shape index (κ3) is 3.98. The van der Waals surface area contributed by atoms with Crippen LogP contribution in [0.3, 0.4) is 0 Å². The number of amides is 1. The van der Waals surface area contributed by atoms with Crippen LogP contribution in [0.4, 0.5) is 10.8 Å². The highest BCUT2D eigenvalue weighted by atomic mass is 35.5. The van der Waals surface area contributed by atoms with Crippen molar-refractivity contribution in [3.8, 4) is 0 Å². The molecule has 1 aromatic carbocycles. The van der Waals surface area contributed by atoms with Crippen LogP contribution in [0.1, 0.15) is 20.3 Å². The van der Waals surface area contributed by atoms with E-state index in [9.17, 15) is 13.2 Å². The number of carbonyl (C=O) groups excluding carboxylic acids is 1. The lowest BCUT2D eigenvalue weighted by atomic mass is 10.3. The predicted octanol–water partition coefficient (Wildman–Crippen LogP) is 2.76. The largest absolute Gasteiger partial charge is 0.301 e.